The van der Waals surface area contributed by atoms with Crippen LogP contribution in [-0.2, 0) is 33.8 Å². The Balaban J connectivity index is 1.32. The molecule has 0 spiro atoms. The molecular formula is C32H34FNO8S. The van der Waals surface area contributed by atoms with Gasteiger partial charge in [0.1, 0.15) is 17.3 Å². The highest BCUT2D eigenvalue weighted by Crippen LogP contribution is 2.40. The lowest BCUT2D eigenvalue weighted by Crippen LogP contribution is -2.48. The van der Waals surface area contributed by atoms with E-state index in [-0.39, 0.29) is 35.7 Å². The molecule has 0 radical (unpaired) electrons. The van der Waals surface area contributed by atoms with E-state index in [0.717, 1.165) is 17.4 Å². The molecule has 0 saturated carbocycles. The van der Waals surface area contributed by atoms with Crippen molar-refractivity contribution < 1.29 is 41.7 Å². The van der Waals surface area contributed by atoms with E-state index in [1.807, 2.05) is 0 Å². The molecule has 2 heterocycles. The van der Waals surface area contributed by atoms with Crippen molar-refractivity contribution in [3.05, 3.63) is 87.7 Å². The fraction of sp³-hybridized carbons (Fsp3) is 0.375. The molecule has 1 fully saturated rings. The lowest BCUT2D eigenvalue weighted by molar-refractivity contribution is -0.0261. The van der Waals surface area contributed by atoms with Crippen molar-refractivity contribution in [1.82, 2.24) is 5.32 Å². The minimum absolute atomic E-state index is 0.0252. The van der Waals surface area contributed by atoms with E-state index in [4.69, 9.17) is 14.2 Å². The van der Waals surface area contributed by atoms with E-state index in [2.05, 4.69) is 5.32 Å². The summed E-state index contributed by atoms with van der Waals surface area (Å²) in [5, 5.41) is 13.1. The Morgan fingerprint density at radius 1 is 1.07 bits per heavy atom. The summed E-state index contributed by atoms with van der Waals surface area (Å²) >= 11 is 0. The second kappa shape index (κ2) is 12.8. The van der Waals surface area contributed by atoms with Gasteiger partial charge in [0.2, 0.25) is 0 Å². The maximum atomic E-state index is 15.2. The first-order valence-electron chi connectivity index (χ1n) is 14.1. The number of hydrogen-bond acceptors (Lipinski definition) is 8. The van der Waals surface area contributed by atoms with E-state index in [1.165, 1.54) is 31.4 Å². The second-order valence-corrected chi connectivity index (χ2v) is 12.9. The lowest BCUT2D eigenvalue weighted by Gasteiger charge is -2.28. The van der Waals surface area contributed by atoms with Crippen LogP contribution in [0.1, 0.15) is 55.8 Å². The summed E-state index contributed by atoms with van der Waals surface area (Å²) in [6.07, 6.45) is 2.00. The molecule has 3 aromatic carbocycles. The molecule has 1 saturated heterocycles. The summed E-state index contributed by atoms with van der Waals surface area (Å²) in [7, 11) is -1.82. The average Bonchev–Trinajstić information content (AvgIpc) is 3.47. The number of aryl methyl sites for hydroxylation is 1. The van der Waals surface area contributed by atoms with Crippen LogP contribution in [0.25, 0.3) is 0 Å². The normalized spacial score (nSPS) is 18.0. The SMILES string of the molecule is COc1c(C(=O)N[C@H]2CCOC[C@@H]2O)cc(Cc2ccc(C(=O)CCc3ccc(S(C)(=O)=O)cc3)c(F)c2)c2c1CCO2. The van der Waals surface area contributed by atoms with Crippen molar-refractivity contribution in [2.24, 2.45) is 0 Å². The molecule has 228 valence electrons. The number of carbonyl (C=O) groups is 2. The minimum atomic E-state index is -3.31. The third-order valence-corrected chi connectivity index (χ3v) is 8.94. The van der Waals surface area contributed by atoms with Crippen molar-refractivity contribution in [2.45, 2.75) is 49.1 Å². The third kappa shape index (κ3) is 6.90. The van der Waals surface area contributed by atoms with Gasteiger partial charge in [-0.15, -0.1) is 0 Å². The molecule has 2 N–H and O–H groups in total. The fourth-order valence-corrected chi connectivity index (χ4v) is 6.14. The first kappa shape index (κ1) is 30.7. The quantitative estimate of drug-likeness (QED) is 0.334. The summed E-state index contributed by atoms with van der Waals surface area (Å²) < 4.78 is 55.2. The van der Waals surface area contributed by atoms with Gasteiger partial charge in [0.15, 0.2) is 15.6 Å². The molecule has 0 bridgehead atoms. The van der Waals surface area contributed by atoms with Crippen LogP contribution < -0.4 is 14.8 Å². The number of sulfone groups is 1. The Morgan fingerprint density at radius 2 is 1.81 bits per heavy atom. The highest BCUT2D eigenvalue weighted by atomic mass is 32.2. The summed E-state index contributed by atoms with van der Waals surface area (Å²) in [4.78, 5) is 26.4. The first-order chi connectivity index (χ1) is 20.5. The Labute approximate surface area is 249 Å². The number of halogens is 1. The van der Waals surface area contributed by atoms with Crippen LogP contribution in [-0.4, -0.2) is 70.5 Å². The molecule has 1 amide bonds. The number of fused-ring (bicyclic) bond motifs is 1. The molecule has 9 nitrogen and oxygen atoms in total. The zero-order valence-electron chi connectivity index (χ0n) is 24.0. The van der Waals surface area contributed by atoms with Crippen molar-refractivity contribution in [3.63, 3.8) is 0 Å². The fourth-order valence-electron chi connectivity index (χ4n) is 5.51. The maximum absolute atomic E-state index is 15.2. The van der Waals surface area contributed by atoms with Gasteiger partial charge in [-0.05, 0) is 59.9 Å². The number of methoxy groups -OCH3 is 1. The van der Waals surface area contributed by atoms with E-state index in [9.17, 15) is 23.1 Å². The zero-order valence-corrected chi connectivity index (χ0v) is 24.8. The van der Waals surface area contributed by atoms with Crippen LogP contribution in [0, 0.1) is 5.82 Å². The molecule has 43 heavy (non-hydrogen) atoms. The molecule has 11 heteroatoms. The van der Waals surface area contributed by atoms with Gasteiger partial charge in [0.25, 0.3) is 5.91 Å². The molecular weight excluding hydrogens is 577 g/mol. The van der Waals surface area contributed by atoms with Crippen molar-refractivity contribution in [3.8, 4) is 11.5 Å². The number of ether oxygens (including phenoxy) is 3. The average molecular weight is 612 g/mol. The highest BCUT2D eigenvalue weighted by Gasteiger charge is 2.30. The molecule has 0 aliphatic carbocycles. The molecule has 2 aliphatic rings. The van der Waals surface area contributed by atoms with Crippen molar-refractivity contribution in [2.75, 3.05) is 33.2 Å². The van der Waals surface area contributed by atoms with Gasteiger partial charge in [0.05, 0.1) is 48.5 Å². The number of benzene rings is 3. The van der Waals surface area contributed by atoms with E-state index < -0.39 is 33.7 Å². The van der Waals surface area contributed by atoms with Gasteiger partial charge < -0.3 is 24.6 Å². The van der Waals surface area contributed by atoms with Gasteiger partial charge in [-0.2, -0.15) is 0 Å². The Kier molecular flexibility index (Phi) is 9.14. The molecule has 2 aliphatic heterocycles. The van der Waals surface area contributed by atoms with Gasteiger partial charge >= 0.3 is 0 Å². The maximum Gasteiger partial charge on any atom is 0.255 e. The summed E-state index contributed by atoms with van der Waals surface area (Å²) in [6.45, 7) is 1.00. The van der Waals surface area contributed by atoms with Gasteiger partial charge in [0, 0.05) is 37.7 Å². The number of nitrogens with one attached hydrogen (secondary N) is 1. The van der Waals surface area contributed by atoms with Gasteiger partial charge in [-0.3, -0.25) is 9.59 Å². The van der Waals surface area contributed by atoms with Gasteiger partial charge in [-0.1, -0.05) is 18.2 Å². The number of Topliss-reactive ketones (excluding diaryl/α,β-unsaturated/α-hetero) is 1. The van der Waals surface area contributed by atoms with Crippen LogP contribution in [0.2, 0.25) is 0 Å². The van der Waals surface area contributed by atoms with Crippen LogP contribution in [0.5, 0.6) is 11.5 Å². The number of rotatable bonds is 10. The molecule has 3 aromatic rings. The Morgan fingerprint density at radius 3 is 2.49 bits per heavy atom. The number of hydrogen-bond donors (Lipinski definition) is 2. The summed E-state index contributed by atoms with van der Waals surface area (Å²) in [5.41, 5.74) is 3.09. The van der Waals surface area contributed by atoms with Crippen molar-refractivity contribution in [1.29, 1.82) is 0 Å². The molecule has 2 atom stereocenters. The predicted molar refractivity (Wildman–Crippen MR) is 156 cm³/mol. The van der Waals surface area contributed by atoms with E-state index >= 15 is 4.39 Å². The third-order valence-electron chi connectivity index (χ3n) is 7.81. The molecule has 0 unspecified atom stereocenters. The van der Waals surface area contributed by atoms with Crippen LogP contribution in [0.4, 0.5) is 4.39 Å². The second-order valence-electron chi connectivity index (χ2n) is 10.9. The van der Waals surface area contributed by atoms with Crippen LogP contribution in [0.3, 0.4) is 0 Å². The molecule has 5 rings (SSSR count). The van der Waals surface area contributed by atoms with Crippen molar-refractivity contribution >= 4 is 21.5 Å². The standard InChI is InChI=1S/C32H34FNO8S/c1-40-31-24-11-14-42-30(24)21(17-25(31)32(37)34-27-12-13-41-18-29(27)36)15-20-5-9-23(26(33)16-20)28(35)10-6-19-3-7-22(8-4-19)43(2,38)39/h3-5,7-9,16-17,27,29,36H,6,10-15,18H2,1-2H3,(H,34,37)/t27-,29-/m0/s1. The van der Waals surface area contributed by atoms with Crippen LogP contribution in [0.15, 0.2) is 53.4 Å². The largest absolute Gasteiger partial charge is 0.495 e. The minimum Gasteiger partial charge on any atom is -0.495 e. The predicted octanol–water partition coefficient (Wildman–Crippen LogP) is 3.46. The van der Waals surface area contributed by atoms with Gasteiger partial charge in [-0.25, -0.2) is 12.8 Å². The number of aliphatic hydroxyl groups excluding tert-OH is 1. The summed E-state index contributed by atoms with van der Waals surface area (Å²) in [6, 6.07) is 12.0. The van der Waals surface area contributed by atoms with E-state index in [0.29, 0.717) is 60.7 Å². The highest BCUT2D eigenvalue weighted by molar-refractivity contribution is 7.90. The first-order valence-corrected chi connectivity index (χ1v) is 16.0. The van der Waals surface area contributed by atoms with Crippen LogP contribution >= 0.6 is 0 Å². The number of carbonyl (C=O) groups excluding carboxylic acids is 2. The topological polar surface area (TPSA) is 128 Å². The van der Waals surface area contributed by atoms with E-state index in [1.54, 1.807) is 24.3 Å². The zero-order chi connectivity index (χ0) is 30.7. The summed E-state index contributed by atoms with van der Waals surface area (Å²) in [5.74, 6) is -0.390. The Bertz CT molecular complexity index is 1640. The molecule has 0 aromatic heterocycles. The lowest BCUT2D eigenvalue weighted by atomic mass is 9.94. The monoisotopic (exact) mass is 611 g/mol. The Hall–Kier alpha value is -3.80. The number of aliphatic hydroxyl groups is 1. The smallest absolute Gasteiger partial charge is 0.255 e. The number of ketones is 1. The number of amides is 1.